The number of carbonyl (C=O) groups is 4. The van der Waals surface area contributed by atoms with E-state index in [0.717, 1.165) is 11.8 Å². The topological polar surface area (TPSA) is 131 Å². The molecule has 2 heterocycles. The summed E-state index contributed by atoms with van der Waals surface area (Å²) >= 11 is 0. The standard InChI is InChI=1S/C23H29F6N5O4/c1-4-12(22(24,25)26)15(33-20(38)23(27,28)29)19(37)34-9-13-14(21(13,2)3)16(34)18(36)32-11(8-30)7-10-5-6-31-17(10)35/h10-16H,4-7,9H2,1-3H3,(H,31,35)(H,32,36)(H,33,38)/t10-,11-,12?,13-,14-,15?,16-/m0/s1. The number of hydrogen-bond donors (Lipinski definition) is 3. The molecule has 4 amide bonds. The number of nitrogens with one attached hydrogen (secondary N) is 3. The van der Waals surface area contributed by atoms with Gasteiger partial charge in [0.25, 0.3) is 0 Å². The molecular formula is C23H29F6N5O4. The number of alkyl halides is 6. The smallest absolute Gasteiger partial charge is 0.356 e. The molecule has 9 nitrogen and oxygen atoms in total. The number of carbonyl (C=O) groups excluding carboxylic acids is 4. The number of likely N-dealkylation sites (tertiary alicyclic amines) is 1. The number of nitrogens with zero attached hydrogens (tertiary/aromatic N) is 2. The lowest BCUT2D eigenvalue weighted by atomic mass is 9.92. The summed E-state index contributed by atoms with van der Waals surface area (Å²) in [6.07, 6.45) is -11.1. The van der Waals surface area contributed by atoms with Gasteiger partial charge in [0.2, 0.25) is 17.7 Å². The van der Waals surface area contributed by atoms with E-state index in [-0.39, 0.29) is 24.8 Å². The SMILES string of the molecule is CCC(C(NC(=O)C(F)(F)F)C(=O)N1C[C@H]2[C@@H]([C@H]1C(=O)N[C@H](C#N)C[C@@H]1CCNC1=O)C2(C)C)C(F)(F)F. The van der Waals surface area contributed by atoms with E-state index in [1.54, 1.807) is 13.8 Å². The van der Waals surface area contributed by atoms with Gasteiger partial charge in [-0.2, -0.15) is 31.6 Å². The van der Waals surface area contributed by atoms with Crippen LogP contribution in [0.1, 0.15) is 40.0 Å². The normalized spacial score (nSPS) is 28.4. The maximum Gasteiger partial charge on any atom is 0.471 e. The second kappa shape index (κ2) is 10.3. The highest BCUT2D eigenvalue weighted by Gasteiger charge is 2.70. The fourth-order valence-electron chi connectivity index (χ4n) is 5.76. The van der Waals surface area contributed by atoms with Gasteiger partial charge < -0.3 is 20.9 Å². The molecule has 2 aliphatic heterocycles. The van der Waals surface area contributed by atoms with Gasteiger partial charge in [0.1, 0.15) is 18.1 Å². The van der Waals surface area contributed by atoms with Crippen molar-refractivity contribution in [3.63, 3.8) is 0 Å². The fraction of sp³-hybridized carbons (Fsp3) is 0.783. The van der Waals surface area contributed by atoms with Crippen LogP contribution in [0.25, 0.3) is 0 Å². The minimum Gasteiger partial charge on any atom is -0.356 e. The minimum absolute atomic E-state index is 0.0253. The largest absolute Gasteiger partial charge is 0.471 e. The summed E-state index contributed by atoms with van der Waals surface area (Å²) < 4.78 is 79.9. The first-order valence-electron chi connectivity index (χ1n) is 12.2. The molecule has 3 N–H and O–H groups in total. The van der Waals surface area contributed by atoms with E-state index < -0.39 is 77.8 Å². The Morgan fingerprint density at radius 3 is 2.29 bits per heavy atom. The van der Waals surface area contributed by atoms with Crippen LogP contribution in [0.2, 0.25) is 0 Å². The number of rotatable bonds is 8. The Kier molecular flexibility index (Phi) is 7.96. The van der Waals surface area contributed by atoms with Gasteiger partial charge in [-0.3, -0.25) is 19.2 Å². The van der Waals surface area contributed by atoms with Crippen molar-refractivity contribution >= 4 is 23.6 Å². The van der Waals surface area contributed by atoms with Crippen molar-refractivity contribution in [1.82, 2.24) is 20.9 Å². The molecule has 0 radical (unpaired) electrons. The van der Waals surface area contributed by atoms with E-state index in [0.29, 0.717) is 13.0 Å². The summed E-state index contributed by atoms with van der Waals surface area (Å²) in [4.78, 5) is 50.9. The second-order valence-corrected chi connectivity index (χ2v) is 10.6. The number of hydrogen-bond acceptors (Lipinski definition) is 5. The van der Waals surface area contributed by atoms with E-state index in [2.05, 4.69) is 10.6 Å². The van der Waals surface area contributed by atoms with Crippen LogP contribution in [0.4, 0.5) is 26.3 Å². The van der Waals surface area contributed by atoms with Crippen LogP contribution >= 0.6 is 0 Å². The van der Waals surface area contributed by atoms with Gasteiger partial charge in [-0.15, -0.1) is 0 Å². The summed E-state index contributed by atoms with van der Waals surface area (Å²) in [5.74, 6) is -9.34. The van der Waals surface area contributed by atoms with E-state index in [1.165, 1.54) is 5.32 Å². The van der Waals surface area contributed by atoms with Gasteiger partial charge in [0.15, 0.2) is 0 Å². The van der Waals surface area contributed by atoms with Crippen molar-refractivity contribution in [2.75, 3.05) is 13.1 Å². The molecule has 3 fully saturated rings. The lowest BCUT2D eigenvalue weighted by Gasteiger charge is -2.36. The number of amides is 4. The summed E-state index contributed by atoms with van der Waals surface area (Å²) in [5, 5.41) is 15.8. The quantitative estimate of drug-likeness (QED) is 0.394. The molecule has 38 heavy (non-hydrogen) atoms. The molecule has 212 valence electrons. The Morgan fingerprint density at radius 2 is 1.82 bits per heavy atom. The Hall–Kier alpha value is -3.05. The predicted molar refractivity (Wildman–Crippen MR) is 117 cm³/mol. The van der Waals surface area contributed by atoms with Crippen molar-refractivity contribution < 1.29 is 45.5 Å². The Labute approximate surface area is 214 Å². The molecule has 1 saturated carbocycles. The molecule has 3 rings (SSSR count). The first-order chi connectivity index (χ1) is 17.4. The average molecular weight is 554 g/mol. The Balaban J connectivity index is 1.87. The summed E-state index contributed by atoms with van der Waals surface area (Å²) in [6.45, 7) is 4.78. The van der Waals surface area contributed by atoms with E-state index >= 15 is 0 Å². The van der Waals surface area contributed by atoms with Crippen LogP contribution in [0.15, 0.2) is 0 Å². The van der Waals surface area contributed by atoms with E-state index in [4.69, 9.17) is 0 Å². The van der Waals surface area contributed by atoms with Crippen molar-refractivity contribution in [1.29, 1.82) is 5.26 Å². The fourth-order valence-corrected chi connectivity index (χ4v) is 5.76. The van der Waals surface area contributed by atoms with Gasteiger partial charge >= 0.3 is 18.3 Å². The Bertz CT molecular complexity index is 1020. The summed E-state index contributed by atoms with van der Waals surface area (Å²) in [5.41, 5.74) is -0.495. The molecule has 15 heteroatoms. The van der Waals surface area contributed by atoms with Crippen LogP contribution in [-0.2, 0) is 19.2 Å². The van der Waals surface area contributed by atoms with Gasteiger partial charge in [0, 0.05) is 19.0 Å². The molecule has 0 aromatic heterocycles. The second-order valence-electron chi connectivity index (χ2n) is 10.6. The maximum absolute atomic E-state index is 13.7. The summed E-state index contributed by atoms with van der Waals surface area (Å²) in [7, 11) is 0. The molecule has 0 aromatic rings. The van der Waals surface area contributed by atoms with Crippen molar-refractivity contribution in [3.8, 4) is 6.07 Å². The zero-order chi connectivity index (χ0) is 28.8. The summed E-state index contributed by atoms with van der Waals surface area (Å²) in [6, 6.07) is -3.26. The monoisotopic (exact) mass is 553 g/mol. The molecule has 2 unspecified atom stereocenters. The molecular weight excluding hydrogens is 524 g/mol. The number of halogens is 6. The van der Waals surface area contributed by atoms with Crippen molar-refractivity contribution in [2.24, 2.45) is 29.1 Å². The highest BCUT2D eigenvalue weighted by atomic mass is 19.4. The van der Waals surface area contributed by atoms with Crippen LogP contribution in [0.5, 0.6) is 0 Å². The first-order valence-corrected chi connectivity index (χ1v) is 12.2. The predicted octanol–water partition coefficient (Wildman–Crippen LogP) is 1.64. The molecule has 0 aromatic carbocycles. The Morgan fingerprint density at radius 1 is 1.18 bits per heavy atom. The highest BCUT2D eigenvalue weighted by molar-refractivity contribution is 5.94. The molecule has 0 bridgehead atoms. The minimum atomic E-state index is -5.54. The lowest BCUT2D eigenvalue weighted by Crippen LogP contribution is -2.61. The number of piperidine rings is 1. The van der Waals surface area contributed by atoms with Gasteiger partial charge in [-0.25, -0.2) is 0 Å². The van der Waals surface area contributed by atoms with Gasteiger partial charge in [0.05, 0.1) is 12.0 Å². The molecule has 2 saturated heterocycles. The van der Waals surface area contributed by atoms with Crippen LogP contribution in [0.3, 0.4) is 0 Å². The molecule has 7 atom stereocenters. The third kappa shape index (κ3) is 5.68. The van der Waals surface area contributed by atoms with Gasteiger partial charge in [-0.05, 0) is 36.5 Å². The van der Waals surface area contributed by atoms with Gasteiger partial charge in [-0.1, -0.05) is 20.8 Å². The average Bonchev–Trinajstić information content (AvgIpc) is 3.16. The molecule has 0 spiro atoms. The number of nitriles is 1. The van der Waals surface area contributed by atoms with Crippen molar-refractivity contribution in [3.05, 3.63) is 0 Å². The van der Waals surface area contributed by atoms with Crippen LogP contribution in [0, 0.1) is 40.4 Å². The first kappa shape index (κ1) is 29.5. The zero-order valence-electron chi connectivity index (χ0n) is 20.9. The number of fused-ring (bicyclic) bond motifs is 1. The van der Waals surface area contributed by atoms with E-state index in [9.17, 15) is 50.8 Å². The molecule has 3 aliphatic rings. The maximum atomic E-state index is 13.7. The lowest BCUT2D eigenvalue weighted by molar-refractivity contribution is -0.195. The zero-order valence-corrected chi connectivity index (χ0v) is 20.9. The van der Waals surface area contributed by atoms with Crippen LogP contribution < -0.4 is 16.0 Å². The highest BCUT2D eigenvalue weighted by Crippen LogP contribution is 2.65. The van der Waals surface area contributed by atoms with Crippen LogP contribution in [-0.4, -0.2) is 72.1 Å². The van der Waals surface area contributed by atoms with Crippen molar-refractivity contribution in [2.45, 2.75) is 70.5 Å². The third-order valence-corrected chi connectivity index (χ3v) is 7.99. The third-order valence-electron chi connectivity index (χ3n) is 7.99. The van der Waals surface area contributed by atoms with E-state index in [1.807, 2.05) is 6.07 Å². The molecule has 1 aliphatic carbocycles.